The number of rotatable bonds is 4. The quantitative estimate of drug-likeness (QED) is 0.936. The Kier molecular flexibility index (Phi) is 4.09. The van der Waals surface area contributed by atoms with E-state index < -0.39 is 0 Å². The van der Waals surface area contributed by atoms with Crippen molar-refractivity contribution in [3.8, 4) is 17.5 Å². The maximum Gasteiger partial charge on any atom is 0.232 e. The molecule has 1 fully saturated rings. The maximum atomic E-state index is 9.16. The van der Waals surface area contributed by atoms with Crippen LogP contribution in [0, 0.1) is 11.3 Å². The molecular formula is C15H14ClN3O2. The fraction of sp³-hybridized carbons (Fsp3) is 0.333. The first-order chi connectivity index (χ1) is 10.3. The van der Waals surface area contributed by atoms with E-state index in [9.17, 15) is 0 Å². The first-order valence-corrected chi connectivity index (χ1v) is 7.16. The van der Waals surface area contributed by atoms with Crippen LogP contribution in [0.1, 0.15) is 18.5 Å². The van der Waals surface area contributed by atoms with Crippen LogP contribution in [0.3, 0.4) is 0 Å². The molecule has 6 heteroatoms. The van der Waals surface area contributed by atoms with Crippen molar-refractivity contribution in [3.63, 3.8) is 0 Å². The second-order valence-electron chi connectivity index (χ2n) is 4.83. The van der Waals surface area contributed by atoms with Crippen LogP contribution in [0.15, 0.2) is 28.7 Å². The molecular weight excluding hydrogens is 290 g/mol. The van der Waals surface area contributed by atoms with E-state index in [4.69, 9.17) is 26.0 Å². The average molecular weight is 304 g/mol. The van der Waals surface area contributed by atoms with Crippen LogP contribution in [-0.4, -0.2) is 24.2 Å². The number of anilines is 1. The maximum absolute atomic E-state index is 9.16. The summed E-state index contributed by atoms with van der Waals surface area (Å²) in [6, 6.07) is 9.21. The molecule has 3 rings (SSSR count). The molecule has 1 aromatic heterocycles. The molecule has 1 N–H and O–H groups in total. The molecule has 1 aliphatic rings. The Balaban J connectivity index is 1.79. The van der Waals surface area contributed by atoms with Crippen molar-refractivity contribution in [2.75, 3.05) is 18.5 Å². The van der Waals surface area contributed by atoms with Crippen molar-refractivity contribution in [2.45, 2.75) is 18.9 Å². The summed E-state index contributed by atoms with van der Waals surface area (Å²) in [7, 11) is 0. The van der Waals surface area contributed by atoms with Crippen LogP contribution in [0.5, 0.6) is 0 Å². The third kappa shape index (κ3) is 3.18. The van der Waals surface area contributed by atoms with E-state index in [1.807, 2.05) is 18.2 Å². The first kappa shape index (κ1) is 13.9. The zero-order chi connectivity index (χ0) is 14.7. The van der Waals surface area contributed by atoms with Crippen LogP contribution < -0.4 is 5.32 Å². The zero-order valence-electron chi connectivity index (χ0n) is 11.3. The number of halogens is 1. The summed E-state index contributed by atoms with van der Waals surface area (Å²) in [5.41, 5.74) is 0.979. The highest BCUT2D eigenvalue weighted by atomic mass is 35.5. The van der Waals surface area contributed by atoms with Gasteiger partial charge in [0.25, 0.3) is 0 Å². The fourth-order valence-corrected chi connectivity index (χ4v) is 2.46. The molecule has 1 aromatic carbocycles. The highest BCUT2D eigenvalue weighted by Crippen LogP contribution is 2.27. The highest BCUT2D eigenvalue weighted by Gasteiger charge is 2.19. The van der Waals surface area contributed by atoms with Gasteiger partial charge in [-0.3, -0.25) is 0 Å². The van der Waals surface area contributed by atoms with Gasteiger partial charge in [-0.2, -0.15) is 10.2 Å². The van der Waals surface area contributed by atoms with E-state index in [0.29, 0.717) is 23.3 Å². The molecule has 21 heavy (non-hydrogen) atoms. The SMILES string of the molecule is N#Cc1nc(-c2cccc(Cl)c2)oc1NCC1CCCO1. The topological polar surface area (TPSA) is 71.1 Å². The smallest absolute Gasteiger partial charge is 0.232 e. The summed E-state index contributed by atoms with van der Waals surface area (Å²) in [6.45, 7) is 1.40. The molecule has 1 saturated heterocycles. The molecule has 1 aliphatic heterocycles. The van der Waals surface area contributed by atoms with Crippen molar-refractivity contribution in [3.05, 3.63) is 35.0 Å². The Labute approximate surface area is 127 Å². The van der Waals surface area contributed by atoms with Gasteiger partial charge in [0.2, 0.25) is 17.5 Å². The molecule has 0 bridgehead atoms. The lowest BCUT2D eigenvalue weighted by Gasteiger charge is -2.09. The summed E-state index contributed by atoms with van der Waals surface area (Å²) < 4.78 is 11.2. The minimum absolute atomic E-state index is 0.163. The lowest BCUT2D eigenvalue weighted by Crippen LogP contribution is -2.18. The van der Waals surface area contributed by atoms with Crippen molar-refractivity contribution in [2.24, 2.45) is 0 Å². The predicted octanol–water partition coefficient (Wildman–Crippen LogP) is 3.46. The second-order valence-corrected chi connectivity index (χ2v) is 5.27. The monoisotopic (exact) mass is 303 g/mol. The summed E-state index contributed by atoms with van der Waals surface area (Å²) in [5, 5.41) is 12.9. The Morgan fingerprint density at radius 2 is 2.38 bits per heavy atom. The number of nitriles is 1. The molecule has 2 heterocycles. The molecule has 0 radical (unpaired) electrons. The van der Waals surface area contributed by atoms with Crippen LogP contribution in [-0.2, 0) is 4.74 Å². The number of hydrogen-bond donors (Lipinski definition) is 1. The Morgan fingerprint density at radius 3 is 3.10 bits per heavy atom. The number of hydrogen-bond acceptors (Lipinski definition) is 5. The summed E-state index contributed by atoms with van der Waals surface area (Å²) in [4.78, 5) is 4.20. The van der Waals surface area contributed by atoms with Crippen molar-refractivity contribution in [1.29, 1.82) is 5.26 Å². The molecule has 2 aromatic rings. The van der Waals surface area contributed by atoms with Crippen molar-refractivity contribution >= 4 is 17.5 Å². The minimum Gasteiger partial charge on any atom is -0.419 e. The van der Waals surface area contributed by atoms with Gasteiger partial charge < -0.3 is 14.5 Å². The Morgan fingerprint density at radius 1 is 1.48 bits per heavy atom. The van der Waals surface area contributed by atoms with Crippen LogP contribution in [0.4, 0.5) is 5.88 Å². The molecule has 0 amide bonds. The number of oxazole rings is 1. The van der Waals surface area contributed by atoms with E-state index in [1.165, 1.54) is 0 Å². The zero-order valence-corrected chi connectivity index (χ0v) is 12.1. The first-order valence-electron chi connectivity index (χ1n) is 6.78. The molecule has 5 nitrogen and oxygen atoms in total. The fourth-order valence-electron chi connectivity index (χ4n) is 2.27. The summed E-state index contributed by atoms with van der Waals surface area (Å²) >= 11 is 5.96. The largest absolute Gasteiger partial charge is 0.419 e. The normalized spacial score (nSPS) is 17.6. The predicted molar refractivity (Wildman–Crippen MR) is 79.1 cm³/mol. The molecule has 0 spiro atoms. The van der Waals surface area contributed by atoms with Gasteiger partial charge in [0, 0.05) is 23.7 Å². The standard InChI is InChI=1S/C15H14ClN3O2/c16-11-4-1-3-10(7-11)14-19-13(8-17)15(21-14)18-9-12-5-2-6-20-12/h1,3-4,7,12,18H,2,5-6,9H2. The lowest BCUT2D eigenvalue weighted by atomic mass is 10.2. The molecule has 1 unspecified atom stereocenters. The third-order valence-corrected chi connectivity index (χ3v) is 3.55. The van der Waals surface area contributed by atoms with Crippen molar-refractivity contribution in [1.82, 2.24) is 4.98 Å². The van der Waals surface area contributed by atoms with Crippen LogP contribution in [0.2, 0.25) is 5.02 Å². The minimum atomic E-state index is 0.163. The molecule has 1 atom stereocenters. The number of nitrogens with one attached hydrogen (secondary N) is 1. The number of nitrogens with zero attached hydrogens (tertiary/aromatic N) is 2. The van der Waals surface area contributed by atoms with Crippen molar-refractivity contribution < 1.29 is 9.15 Å². The van der Waals surface area contributed by atoms with E-state index in [2.05, 4.69) is 10.3 Å². The van der Waals surface area contributed by atoms with Gasteiger partial charge in [-0.25, -0.2) is 0 Å². The molecule has 0 aliphatic carbocycles. The van der Waals surface area contributed by atoms with E-state index in [1.54, 1.807) is 12.1 Å². The number of benzene rings is 1. The van der Waals surface area contributed by atoms with Gasteiger partial charge in [-0.1, -0.05) is 17.7 Å². The second kappa shape index (κ2) is 6.17. The highest BCUT2D eigenvalue weighted by molar-refractivity contribution is 6.30. The van der Waals surface area contributed by atoms with E-state index in [-0.39, 0.29) is 11.8 Å². The lowest BCUT2D eigenvalue weighted by molar-refractivity contribution is 0.120. The van der Waals surface area contributed by atoms with E-state index in [0.717, 1.165) is 25.0 Å². The van der Waals surface area contributed by atoms with Gasteiger partial charge in [0.15, 0.2) is 0 Å². The van der Waals surface area contributed by atoms with Gasteiger partial charge in [-0.15, -0.1) is 0 Å². The number of aromatic nitrogens is 1. The Bertz CT molecular complexity index is 672. The summed E-state index contributed by atoms with van der Waals surface area (Å²) in [6.07, 6.45) is 2.25. The number of ether oxygens (including phenoxy) is 1. The van der Waals surface area contributed by atoms with Crippen LogP contribution >= 0.6 is 11.6 Å². The Hall–Kier alpha value is -2.03. The van der Waals surface area contributed by atoms with Gasteiger partial charge in [-0.05, 0) is 31.0 Å². The molecule has 108 valence electrons. The van der Waals surface area contributed by atoms with Gasteiger partial charge in [0.1, 0.15) is 6.07 Å². The van der Waals surface area contributed by atoms with Crippen LogP contribution in [0.25, 0.3) is 11.5 Å². The molecule has 0 saturated carbocycles. The van der Waals surface area contributed by atoms with Gasteiger partial charge in [0.05, 0.1) is 6.10 Å². The summed E-state index contributed by atoms with van der Waals surface area (Å²) in [5.74, 6) is 0.756. The van der Waals surface area contributed by atoms with E-state index >= 15 is 0 Å². The third-order valence-electron chi connectivity index (χ3n) is 3.32. The average Bonchev–Trinajstić information content (AvgIpc) is 3.14. The van der Waals surface area contributed by atoms with Gasteiger partial charge >= 0.3 is 0 Å².